The van der Waals surface area contributed by atoms with Crippen LogP contribution in [0.25, 0.3) is 0 Å². The van der Waals surface area contributed by atoms with Gasteiger partial charge in [-0.2, -0.15) is 0 Å². The summed E-state index contributed by atoms with van der Waals surface area (Å²) in [5.74, 6) is 1.02. The van der Waals surface area contributed by atoms with Gasteiger partial charge in [0, 0.05) is 12.1 Å². The fourth-order valence-corrected chi connectivity index (χ4v) is 5.17. The van der Waals surface area contributed by atoms with Crippen LogP contribution >= 0.6 is 0 Å². The van der Waals surface area contributed by atoms with Crippen LogP contribution in [-0.4, -0.2) is 36.6 Å². The second-order valence-electron chi connectivity index (χ2n) is 9.73. The molecular weight excluding hydrogens is 256 g/mol. The minimum Gasteiger partial charge on any atom is -0.314 e. The molecule has 0 aromatic carbocycles. The first kappa shape index (κ1) is 15.8. The minimum atomic E-state index is 0.521. The van der Waals surface area contributed by atoms with E-state index in [9.17, 15) is 0 Å². The lowest BCUT2D eigenvalue weighted by molar-refractivity contribution is 0.0127. The molecule has 0 spiro atoms. The summed E-state index contributed by atoms with van der Waals surface area (Å²) in [5, 5.41) is 3.81. The molecule has 1 N–H and O–H groups in total. The molecule has 0 unspecified atom stereocenters. The van der Waals surface area contributed by atoms with Crippen molar-refractivity contribution in [1.82, 2.24) is 10.2 Å². The zero-order valence-electron chi connectivity index (χ0n) is 14.8. The average Bonchev–Trinajstić information content (AvgIpc) is 3.17. The van der Waals surface area contributed by atoms with Crippen molar-refractivity contribution >= 4 is 0 Å². The molecule has 0 aromatic heterocycles. The lowest BCUT2D eigenvalue weighted by Gasteiger charge is -2.50. The molecule has 0 aromatic rings. The van der Waals surface area contributed by atoms with E-state index < -0.39 is 0 Å². The average molecular weight is 293 g/mol. The Labute approximate surface area is 132 Å². The molecule has 21 heavy (non-hydrogen) atoms. The predicted molar refractivity (Wildman–Crippen MR) is 90.5 cm³/mol. The van der Waals surface area contributed by atoms with Gasteiger partial charge in [-0.1, -0.05) is 27.7 Å². The third-order valence-corrected chi connectivity index (χ3v) is 5.97. The monoisotopic (exact) mass is 292 g/mol. The van der Waals surface area contributed by atoms with Crippen molar-refractivity contribution in [2.45, 2.75) is 84.7 Å². The molecule has 2 heteroatoms. The molecule has 0 amide bonds. The van der Waals surface area contributed by atoms with Crippen LogP contribution < -0.4 is 5.32 Å². The van der Waals surface area contributed by atoms with Crippen molar-refractivity contribution in [3.05, 3.63) is 0 Å². The first-order chi connectivity index (χ1) is 9.83. The minimum absolute atomic E-state index is 0.521. The first-order valence-electron chi connectivity index (χ1n) is 9.30. The smallest absolute Gasteiger partial charge is 0.0105 e. The highest BCUT2D eigenvalue weighted by molar-refractivity contribution is 4.94. The normalized spacial score (nSPS) is 31.4. The largest absolute Gasteiger partial charge is 0.314 e. The van der Waals surface area contributed by atoms with Crippen LogP contribution in [0.1, 0.15) is 72.6 Å². The molecule has 1 heterocycles. The van der Waals surface area contributed by atoms with Crippen LogP contribution in [-0.2, 0) is 0 Å². The van der Waals surface area contributed by atoms with Gasteiger partial charge in [0.2, 0.25) is 0 Å². The third-order valence-electron chi connectivity index (χ3n) is 5.97. The Balaban J connectivity index is 1.48. The highest BCUT2D eigenvalue weighted by Crippen LogP contribution is 2.47. The van der Waals surface area contributed by atoms with E-state index >= 15 is 0 Å². The molecule has 1 aliphatic heterocycles. The van der Waals surface area contributed by atoms with Crippen molar-refractivity contribution < 1.29 is 0 Å². The van der Waals surface area contributed by atoms with Crippen molar-refractivity contribution in [2.24, 2.45) is 16.7 Å². The Morgan fingerprint density at radius 3 is 2.00 bits per heavy atom. The first-order valence-corrected chi connectivity index (χ1v) is 9.30. The number of nitrogens with zero attached hydrogens (tertiary/aromatic N) is 1. The van der Waals surface area contributed by atoms with Gasteiger partial charge >= 0.3 is 0 Å². The maximum Gasteiger partial charge on any atom is 0.0105 e. The number of piperidine rings is 1. The number of hydrogen-bond acceptors (Lipinski definition) is 2. The predicted octanol–water partition coefficient (Wildman–Crippen LogP) is 4.06. The molecule has 2 aliphatic carbocycles. The highest BCUT2D eigenvalue weighted by atomic mass is 15.2. The van der Waals surface area contributed by atoms with Gasteiger partial charge in [0.1, 0.15) is 0 Å². The molecule has 1 saturated heterocycles. The lowest BCUT2D eigenvalue weighted by atomic mass is 9.63. The maximum atomic E-state index is 3.81. The Morgan fingerprint density at radius 2 is 1.48 bits per heavy atom. The molecule has 2 nitrogen and oxygen atoms in total. The van der Waals surface area contributed by atoms with E-state index in [0.717, 1.165) is 18.0 Å². The molecular formula is C19H36N2. The van der Waals surface area contributed by atoms with Gasteiger partial charge in [-0.25, -0.2) is 0 Å². The molecule has 2 saturated carbocycles. The summed E-state index contributed by atoms with van der Waals surface area (Å²) in [4.78, 5) is 2.82. The van der Waals surface area contributed by atoms with Crippen molar-refractivity contribution in [2.75, 3.05) is 19.6 Å². The summed E-state index contributed by atoms with van der Waals surface area (Å²) in [5.41, 5.74) is 1.04. The number of rotatable bonds is 4. The summed E-state index contributed by atoms with van der Waals surface area (Å²) in [6, 6.07) is 1.62. The second kappa shape index (κ2) is 5.85. The van der Waals surface area contributed by atoms with Crippen LogP contribution in [0.3, 0.4) is 0 Å². The molecule has 3 aliphatic rings. The Kier molecular flexibility index (Phi) is 4.40. The third kappa shape index (κ3) is 4.45. The fourth-order valence-electron chi connectivity index (χ4n) is 5.17. The van der Waals surface area contributed by atoms with Crippen LogP contribution in [0.5, 0.6) is 0 Å². The van der Waals surface area contributed by atoms with Gasteiger partial charge in [0.15, 0.2) is 0 Å². The molecule has 122 valence electrons. The van der Waals surface area contributed by atoms with Gasteiger partial charge in [-0.05, 0) is 81.3 Å². The Morgan fingerprint density at radius 1 is 0.905 bits per heavy atom. The standard InChI is InChI=1S/C19H36N2/c1-18(2)11-17(12-19(3,4)14-18)21-9-7-16(8-10-21)20-13-15-5-6-15/h15-17,20H,5-14H2,1-4H3. The van der Waals surface area contributed by atoms with Gasteiger partial charge < -0.3 is 10.2 Å². The van der Waals surface area contributed by atoms with E-state index in [4.69, 9.17) is 0 Å². The topological polar surface area (TPSA) is 15.3 Å². The van der Waals surface area contributed by atoms with Gasteiger partial charge in [0.25, 0.3) is 0 Å². The zero-order chi connectivity index (χ0) is 15.1. The molecule has 0 atom stereocenters. The van der Waals surface area contributed by atoms with Crippen LogP contribution in [0, 0.1) is 16.7 Å². The van der Waals surface area contributed by atoms with Crippen LogP contribution in [0.4, 0.5) is 0 Å². The lowest BCUT2D eigenvalue weighted by Crippen LogP contribution is -2.51. The summed E-state index contributed by atoms with van der Waals surface area (Å²) in [7, 11) is 0. The quantitative estimate of drug-likeness (QED) is 0.841. The van der Waals surface area contributed by atoms with Crippen LogP contribution in [0.2, 0.25) is 0 Å². The second-order valence-corrected chi connectivity index (χ2v) is 9.73. The van der Waals surface area contributed by atoms with E-state index in [1.54, 1.807) is 0 Å². The summed E-state index contributed by atoms with van der Waals surface area (Å²) >= 11 is 0. The summed E-state index contributed by atoms with van der Waals surface area (Å²) in [6.07, 6.45) is 9.85. The maximum absolute atomic E-state index is 3.81. The van der Waals surface area contributed by atoms with E-state index in [1.165, 1.54) is 64.6 Å². The van der Waals surface area contributed by atoms with E-state index in [1.807, 2.05) is 0 Å². The van der Waals surface area contributed by atoms with E-state index in [2.05, 4.69) is 37.9 Å². The number of hydrogen-bond donors (Lipinski definition) is 1. The van der Waals surface area contributed by atoms with Crippen molar-refractivity contribution in [3.8, 4) is 0 Å². The molecule has 3 fully saturated rings. The van der Waals surface area contributed by atoms with Gasteiger partial charge in [-0.3, -0.25) is 0 Å². The van der Waals surface area contributed by atoms with Crippen molar-refractivity contribution in [3.63, 3.8) is 0 Å². The molecule has 3 rings (SSSR count). The SMILES string of the molecule is CC1(C)CC(N2CCC(NCC3CC3)CC2)CC(C)(C)C1. The van der Waals surface area contributed by atoms with E-state index in [0.29, 0.717) is 10.8 Å². The van der Waals surface area contributed by atoms with Crippen LogP contribution in [0.15, 0.2) is 0 Å². The number of likely N-dealkylation sites (tertiary alicyclic amines) is 1. The summed E-state index contributed by atoms with van der Waals surface area (Å²) < 4.78 is 0. The highest BCUT2D eigenvalue weighted by Gasteiger charge is 2.41. The fraction of sp³-hybridized carbons (Fsp3) is 1.00. The van der Waals surface area contributed by atoms with Gasteiger partial charge in [-0.15, -0.1) is 0 Å². The molecule has 0 radical (unpaired) electrons. The zero-order valence-corrected chi connectivity index (χ0v) is 14.8. The van der Waals surface area contributed by atoms with Crippen molar-refractivity contribution in [1.29, 1.82) is 0 Å². The summed E-state index contributed by atoms with van der Waals surface area (Å²) in [6.45, 7) is 13.8. The van der Waals surface area contributed by atoms with Gasteiger partial charge in [0.05, 0.1) is 0 Å². The number of nitrogens with one attached hydrogen (secondary N) is 1. The van der Waals surface area contributed by atoms with E-state index in [-0.39, 0.29) is 0 Å². The Bertz CT molecular complexity index is 333. The molecule has 0 bridgehead atoms. The Hall–Kier alpha value is -0.0800.